The van der Waals surface area contributed by atoms with Gasteiger partial charge in [-0.15, -0.1) is 0 Å². The van der Waals surface area contributed by atoms with Gasteiger partial charge in [0.05, 0.1) is 10.2 Å². The van der Waals surface area contributed by atoms with E-state index in [1.807, 2.05) is 12.1 Å². The number of halogens is 1. The molecular formula is C8H7ClN4S2. The van der Waals surface area contributed by atoms with E-state index >= 15 is 0 Å². The van der Waals surface area contributed by atoms with Crippen LogP contribution in [-0.2, 0) is 0 Å². The maximum atomic E-state index is 5.86. The van der Waals surface area contributed by atoms with E-state index in [0.717, 1.165) is 10.2 Å². The summed E-state index contributed by atoms with van der Waals surface area (Å²) in [5.41, 5.74) is 3.21. The van der Waals surface area contributed by atoms with Crippen LogP contribution in [0.25, 0.3) is 10.2 Å². The second kappa shape index (κ2) is 4.28. The predicted octanol–water partition coefficient (Wildman–Crippen LogP) is 2.11. The van der Waals surface area contributed by atoms with E-state index in [4.69, 9.17) is 29.7 Å². The second-order valence-corrected chi connectivity index (χ2v) is 4.60. The maximum absolute atomic E-state index is 5.86. The van der Waals surface area contributed by atoms with Gasteiger partial charge < -0.3 is 10.7 Å². The van der Waals surface area contributed by atoms with Gasteiger partial charge in [0, 0.05) is 5.02 Å². The van der Waals surface area contributed by atoms with Gasteiger partial charge in [0.25, 0.3) is 0 Å². The van der Waals surface area contributed by atoms with Crippen LogP contribution >= 0.6 is 35.2 Å². The van der Waals surface area contributed by atoms with Gasteiger partial charge in [0.1, 0.15) is 0 Å². The van der Waals surface area contributed by atoms with E-state index in [-0.39, 0.29) is 0 Å². The lowest BCUT2D eigenvalue weighted by Gasteiger charge is -2.00. The summed E-state index contributed by atoms with van der Waals surface area (Å²) in [6.45, 7) is 0. The molecule has 0 aliphatic rings. The molecule has 1 aromatic carbocycles. The molecule has 0 spiro atoms. The number of nitrogens with two attached hydrogens (primary N) is 1. The van der Waals surface area contributed by atoms with Crippen molar-refractivity contribution in [3.63, 3.8) is 0 Å². The Labute approximate surface area is 100 Å². The van der Waals surface area contributed by atoms with Crippen molar-refractivity contribution < 1.29 is 0 Å². The van der Waals surface area contributed by atoms with E-state index < -0.39 is 0 Å². The van der Waals surface area contributed by atoms with Gasteiger partial charge in [-0.3, -0.25) is 0 Å². The van der Waals surface area contributed by atoms with Gasteiger partial charge in [0.15, 0.2) is 10.2 Å². The van der Waals surface area contributed by atoms with Gasteiger partial charge in [-0.05, 0) is 30.4 Å². The minimum Gasteiger partial charge on any atom is -0.308 e. The molecule has 0 fully saturated rings. The molecule has 0 saturated heterocycles. The lowest BCUT2D eigenvalue weighted by Crippen LogP contribution is -2.33. The highest BCUT2D eigenvalue weighted by atomic mass is 35.5. The zero-order valence-corrected chi connectivity index (χ0v) is 9.84. The minimum atomic E-state index is 0.333. The highest BCUT2D eigenvalue weighted by Crippen LogP contribution is 2.28. The molecule has 0 bridgehead atoms. The summed E-state index contributed by atoms with van der Waals surface area (Å²) in [7, 11) is 0. The number of thiocarbonyl (C=S) groups is 1. The monoisotopic (exact) mass is 258 g/mol. The number of thiazole rings is 1. The van der Waals surface area contributed by atoms with Gasteiger partial charge in [0.2, 0.25) is 0 Å². The van der Waals surface area contributed by atoms with Gasteiger partial charge in [-0.25, -0.2) is 10.8 Å². The summed E-state index contributed by atoms with van der Waals surface area (Å²) in [5, 5.41) is 4.58. The van der Waals surface area contributed by atoms with Crippen LogP contribution < -0.4 is 16.6 Å². The quantitative estimate of drug-likeness (QED) is 0.415. The lowest BCUT2D eigenvalue weighted by atomic mass is 10.3. The molecule has 0 saturated carbocycles. The van der Waals surface area contributed by atoms with Crippen LogP contribution in [0.15, 0.2) is 18.2 Å². The summed E-state index contributed by atoms with van der Waals surface area (Å²) < 4.78 is 1.00. The standard InChI is InChI=1S/C8H7ClN4S2/c9-4-1-2-5-6(3-4)15-8(11-5)12-7(14)13-10/h1-3H,10H2,(H2,11,12,13,14). The highest BCUT2D eigenvalue weighted by molar-refractivity contribution is 7.80. The average molecular weight is 259 g/mol. The summed E-state index contributed by atoms with van der Waals surface area (Å²) in [6.07, 6.45) is 0. The molecule has 2 rings (SSSR count). The first-order valence-electron chi connectivity index (χ1n) is 4.03. The first-order valence-corrected chi connectivity index (χ1v) is 5.63. The largest absolute Gasteiger partial charge is 0.308 e. The van der Waals surface area contributed by atoms with Crippen LogP contribution in [0.5, 0.6) is 0 Å². The van der Waals surface area contributed by atoms with Crippen molar-refractivity contribution in [1.82, 2.24) is 10.4 Å². The summed E-state index contributed by atoms with van der Waals surface area (Å²) in [6, 6.07) is 5.52. The van der Waals surface area contributed by atoms with E-state index in [1.54, 1.807) is 6.07 Å². The predicted molar refractivity (Wildman–Crippen MR) is 68.2 cm³/mol. The summed E-state index contributed by atoms with van der Waals surface area (Å²) in [5.74, 6) is 5.14. The molecule has 1 heterocycles. The number of hydrogen-bond acceptors (Lipinski definition) is 4. The summed E-state index contributed by atoms with van der Waals surface area (Å²) >= 11 is 12.2. The van der Waals surface area contributed by atoms with E-state index in [1.165, 1.54) is 11.3 Å². The molecule has 2 aromatic rings. The van der Waals surface area contributed by atoms with Crippen molar-refractivity contribution in [3.05, 3.63) is 23.2 Å². The third-order valence-corrected chi connectivity index (χ3v) is 3.09. The van der Waals surface area contributed by atoms with E-state index in [0.29, 0.717) is 15.3 Å². The maximum Gasteiger partial charge on any atom is 0.190 e. The van der Waals surface area contributed by atoms with Crippen molar-refractivity contribution in [2.45, 2.75) is 0 Å². The van der Waals surface area contributed by atoms with Crippen LogP contribution in [0.3, 0.4) is 0 Å². The molecule has 78 valence electrons. The Morgan fingerprint density at radius 3 is 3.07 bits per heavy atom. The molecule has 0 amide bonds. The van der Waals surface area contributed by atoms with Gasteiger partial charge >= 0.3 is 0 Å². The molecule has 4 nitrogen and oxygen atoms in total. The molecule has 1 aromatic heterocycles. The molecule has 0 aliphatic carbocycles. The molecule has 0 unspecified atom stereocenters. The number of rotatable bonds is 1. The molecule has 0 radical (unpaired) electrons. The smallest absolute Gasteiger partial charge is 0.190 e. The molecule has 15 heavy (non-hydrogen) atoms. The zero-order chi connectivity index (χ0) is 10.8. The number of nitrogens with zero attached hydrogens (tertiary/aromatic N) is 1. The van der Waals surface area contributed by atoms with Crippen LogP contribution in [0.1, 0.15) is 0 Å². The Bertz CT molecular complexity index is 510. The highest BCUT2D eigenvalue weighted by Gasteiger charge is 2.04. The minimum absolute atomic E-state index is 0.333. The summed E-state index contributed by atoms with van der Waals surface area (Å²) in [4.78, 5) is 4.31. The van der Waals surface area contributed by atoms with E-state index in [2.05, 4.69) is 15.7 Å². The molecule has 0 atom stereocenters. The Morgan fingerprint density at radius 1 is 1.53 bits per heavy atom. The fourth-order valence-electron chi connectivity index (χ4n) is 1.09. The number of hydrogen-bond donors (Lipinski definition) is 3. The Hall–Kier alpha value is -0.950. The SMILES string of the molecule is NNC(=S)Nc1nc2ccc(Cl)cc2s1. The number of aromatic nitrogens is 1. The molecule has 0 aliphatic heterocycles. The third kappa shape index (κ3) is 2.35. The van der Waals surface area contributed by atoms with Crippen molar-refractivity contribution in [3.8, 4) is 0 Å². The number of fused-ring (bicyclic) bond motifs is 1. The van der Waals surface area contributed by atoms with Gasteiger partial charge in [-0.1, -0.05) is 22.9 Å². The van der Waals surface area contributed by atoms with Crippen molar-refractivity contribution >= 4 is 55.6 Å². The second-order valence-electron chi connectivity index (χ2n) is 2.73. The fraction of sp³-hybridized carbons (Fsp3) is 0. The molecular weight excluding hydrogens is 252 g/mol. The number of anilines is 1. The van der Waals surface area contributed by atoms with Crippen molar-refractivity contribution in [1.29, 1.82) is 0 Å². The van der Waals surface area contributed by atoms with Gasteiger partial charge in [-0.2, -0.15) is 0 Å². The first-order chi connectivity index (χ1) is 7.19. The normalized spacial score (nSPS) is 10.3. The van der Waals surface area contributed by atoms with Crippen LogP contribution in [0, 0.1) is 0 Å². The third-order valence-electron chi connectivity index (χ3n) is 1.70. The van der Waals surface area contributed by atoms with Crippen LogP contribution in [0.2, 0.25) is 5.02 Å². The Kier molecular flexibility index (Phi) is 3.01. The van der Waals surface area contributed by atoms with Crippen LogP contribution in [0.4, 0.5) is 5.13 Å². The first kappa shape index (κ1) is 10.6. The zero-order valence-electron chi connectivity index (χ0n) is 7.45. The topological polar surface area (TPSA) is 63.0 Å². The Morgan fingerprint density at radius 2 is 2.33 bits per heavy atom. The fourth-order valence-corrected chi connectivity index (χ4v) is 2.39. The number of benzene rings is 1. The number of hydrazine groups is 1. The molecule has 4 N–H and O–H groups in total. The molecule has 7 heteroatoms. The lowest BCUT2D eigenvalue weighted by molar-refractivity contribution is 1.04. The van der Waals surface area contributed by atoms with Crippen molar-refractivity contribution in [2.24, 2.45) is 5.84 Å². The number of nitrogens with one attached hydrogen (secondary N) is 2. The average Bonchev–Trinajstić information content (AvgIpc) is 2.59. The van der Waals surface area contributed by atoms with Crippen molar-refractivity contribution in [2.75, 3.05) is 5.32 Å². The van der Waals surface area contributed by atoms with E-state index in [9.17, 15) is 0 Å². The Balaban J connectivity index is 2.34. The van der Waals surface area contributed by atoms with Crippen LogP contribution in [-0.4, -0.2) is 10.1 Å².